The van der Waals surface area contributed by atoms with E-state index in [9.17, 15) is 23.1 Å². The van der Waals surface area contributed by atoms with Gasteiger partial charge in [-0.1, -0.05) is 18.2 Å². The number of hydrogen-bond donors (Lipinski definition) is 1. The van der Waals surface area contributed by atoms with Gasteiger partial charge in [0, 0.05) is 37.3 Å². The predicted molar refractivity (Wildman–Crippen MR) is 102 cm³/mol. The lowest BCUT2D eigenvalue weighted by Crippen LogP contribution is -2.47. The minimum absolute atomic E-state index is 0.279. The Kier molecular flexibility index (Phi) is 4.73. The molecule has 0 amide bonds. The van der Waals surface area contributed by atoms with E-state index in [4.69, 9.17) is 0 Å². The molecular weight excluding hydrogens is 385 g/mol. The molecule has 0 atom stereocenters. The molecule has 4 rings (SSSR count). The fourth-order valence-electron chi connectivity index (χ4n) is 3.45. The predicted octanol–water partition coefficient (Wildman–Crippen LogP) is 3.67. The summed E-state index contributed by atoms with van der Waals surface area (Å²) >= 11 is 0. The third-order valence-electron chi connectivity index (χ3n) is 4.89. The lowest BCUT2D eigenvalue weighted by molar-refractivity contribution is -0.137. The van der Waals surface area contributed by atoms with Crippen LogP contribution >= 0.6 is 0 Å². The molecule has 150 valence electrons. The van der Waals surface area contributed by atoms with Gasteiger partial charge in [0.25, 0.3) is 0 Å². The normalized spacial score (nSPS) is 15.0. The van der Waals surface area contributed by atoms with Crippen LogP contribution in [0.5, 0.6) is 0 Å². The van der Waals surface area contributed by atoms with Crippen LogP contribution in [0.2, 0.25) is 0 Å². The number of piperazine rings is 1. The van der Waals surface area contributed by atoms with Crippen molar-refractivity contribution in [2.45, 2.75) is 6.18 Å². The molecule has 2 heterocycles. The Balaban J connectivity index is 1.58. The lowest BCUT2D eigenvalue weighted by Gasteiger charge is -2.37. The molecule has 1 aliphatic rings. The Hall–Kier alpha value is -3.36. The molecule has 0 saturated carbocycles. The Morgan fingerprint density at radius 3 is 2.31 bits per heavy atom. The number of fused-ring (bicyclic) bond motifs is 1. The summed E-state index contributed by atoms with van der Waals surface area (Å²) in [6, 6.07) is 12.4. The average Bonchev–Trinajstić information content (AvgIpc) is 2.72. The molecule has 1 saturated heterocycles. The number of anilines is 2. The number of aromatic carboxylic acids is 1. The van der Waals surface area contributed by atoms with Gasteiger partial charge >= 0.3 is 12.1 Å². The second kappa shape index (κ2) is 7.23. The van der Waals surface area contributed by atoms with Crippen molar-refractivity contribution in [3.8, 4) is 0 Å². The first-order valence-corrected chi connectivity index (χ1v) is 9.00. The van der Waals surface area contributed by atoms with Crippen LogP contribution in [0, 0.1) is 0 Å². The maximum atomic E-state index is 13.0. The Labute approximate surface area is 164 Å². The fourth-order valence-corrected chi connectivity index (χ4v) is 3.45. The number of nitrogens with zero attached hydrogens (tertiary/aromatic N) is 4. The van der Waals surface area contributed by atoms with Crippen molar-refractivity contribution in [2.24, 2.45) is 0 Å². The van der Waals surface area contributed by atoms with Crippen molar-refractivity contribution in [3.05, 3.63) is 59.9 Å². The van der Waals surface area contributed by atoms with E-state index in [0.717, 1.165) is 17.5 Å². The highest BCUT2D eigenvalue weighted by Gasteiger charge is 2.31. The monoisotopic (exact) mass is 402 g/mol. The van der Waals surface area contributed by atoms with Crippen molar-refractivity contribution in [3.63, 3.8) is 0 Å². The summed E-state index contributed by atoms with van der Waals surface area (Å²) in [5.74, 6) is -0.963. The van der Waals surface area contributed by atoms with Gasteiger partial charge < -0.3 is 14.9 Å². The summed E-state index contributed by atoms with van der Waals surface area (Å²) in [6.07, 6.45) is -4.38. The molecule has 0 bridgehead atoms. The van der Waals surface area contributed by atoms with E-state index >= 15 is 0 Å². The summed E-state index contributed by atoms with van der Waals surface area (Å²) in [5.41, 5.74) is 0.374. The maximum absolute atomic E-state index is 13.0. The molecule has 9 heteroatoms. The van der Waals surface area contributed by atoms with Crippen LogP contribution in [0.1, 0.15) is 16.2 Å². The van der Waals surface area contributed by atoms with E-state index in [0.29, 0.717) is 43.2 Å². The molecule has 1 aromatic heterocycles. The molecule has 0 aliphatic carbocycles. The van der Waals surface area contributed by atoms with Crippen molar-refractivity contribution >= 4 is 28.4 Å². The van der Waals surface area contributed by atoms with Gasteiger partial charge in [0.1, 0.15) is 5.82 Å². The first-order valence-electron chi connectivity index (χ1n) is 9.00. The summed E-state index contributed by atoms with van der Waals surface area (Å²) in [6.45, 7) is 1.97. The molecular formula is C20H17F3N4O2. The van der Waals surface area contributed by atoms with E-state index in [1.165, 1.54) is 6.07 Å². The number of carbonyl (C=O) groups is 1. The van der Waals surface area contributed by atoms with Gasteiger partial charge in [0.2, 0.25) is 5.82 Å². The molecule has 0 unspecified atom stereocenters. The molecule has 0 spiro atoms. The molecule has 6 nitrogen and oxygen atoms in total. The molecule has 1 fully saturated rings. The number of alkyl halides is 3. The smallest absolute Gasteiger partial charge is 0.416 e. The third kappa shape index (κ3) is 3.80. The first kappa shape index (κ1) is 19.0. The summed E-state index contributed by atoms with van der Waals surface area (Å²) in [7, 11) is 0. The van der Waals surface area contributed by atoms with Crippen LogP contribution in [0.15, 0.2) is 48.5 Å². The number of aromatic nitrogens is 2. The highest BCUT2D eigenvalue weighted by molar-refractivity contribution is 5.94. The van der Waals surface area contributed by atoms with Crippen LogP contribution in [0.3, 0.4) is 0 Å². The summed E-state index contributed by atoms with van der Waals surface area (Å²) in [5, 5.41) is 10.0. The highest BCUT2D eigenvalue weighted by Crippen LogP contribution is 2.32. The number of hydrogen-bond acceptors (Lipinski definition) is 5. The minimum atomic E-state index is -4.38. The topological polar surface area (TPSA) is 69.6 Å². The minimum Gasteiger partial charge on any atom is -0.475 e. The molecule has 3 aromatic rings. The number of para-hydroxylation sites is 1. The van der Waals surface area contributed by atoms with Gasteiger partial charge in [0.15, 0.2) is 0 Å². The van der Waals surface area contributed by atoms with E-state index in [1.807, 2.05) is 21.9 Å². The number of rotatable bonds is 3. The van der Waals surface area contributed by atoms with Crippen LogP contribution in [0.4, 0.5) is 24.7 Å². The molecule has 29 heavy (non-hydrogen) atoms. The molecule has 1 aliphatic heterocycles. The largest absolute Gasteiger partial charge is 0.475 e. The van der Waals surface area contributed by atoms with Crippen LogP contribution in [-0.2, 0) is 6.18 Å². The highest BCUT2D eigenvalue weighted by atomic mass is 19.4. The van der Waals surface area contributed by atoms with Crippen molar-refractivity contribution in [1.29, 1.82) is 0 Å². The number of halogens is 3. The van der Waals surface area contributed by atoms with Gasteiger partial charge in [-0.05, 0) is 30.3 Å². The second-order valence-electron chi connectivity index (χ2n) is 6.72. The van der Waals surface area contributed by atoms with Gasteiger partial charge in [-0.2, -0.15) is 13.2 Å². The summed E-state index contributed by atoms with van der Waals surface area (Å²) in [4.78, 5) is 23.5. The standard InChI is InChI=1S/C20H17F3N4O2/c21-20(22,23)13-4-3-5-14(12-13)26-8-10-27(11-9-26)18-15-6-1-2-7-16(15)24-17(25-18)19(28)29/h1-7,12H,8-11H2,(H,28,29). The van der Waals surface area contributed by atoms with Crippen LogP contribution in [0.25, 0.3) is 10.9 Å². The second-order valence-corrected chi connectivity index (χ2v) is 6.72. The summed E-state index contributed by atoms with van der Waals surface area (Å²) < 4.78 is 38.9. The first-order chi connectivity index (χ1) is 13.8. The zero-order valence-electron chi connectivity index (χ0n) is 15.2. The van der Waals surface area contributed by atoms with Gasteiger partial charge in [-0.15, -0.1) is 0 Å². The lowest BCUT2D eigenvalue weighted by atomic mass is 10.1. The van der Waals surface area contributed by atoms with Gasteiger partial charge in [0.05, 0.1) is 11.1 Å². The SMILES string of the molecule is O=C(O)c1nc(N2CCN(c3cccc(C(F)(F)F)c3)CC2)c2ccccc2n1. The maximum Gasteiger partial charge on any atom is 0.416 e. The zero-order valence-corrected chi connectivity index (χ0v) is 15.2. The van der Waals surface area contributed by atoms with Crippen molar-refractivity contribution in [2.75, 3.05) is 36.0 Å². The average molecular weight is 402 g/mol. The van der Waals surface area contributed by atoms with Crippen molar-refractivity contribution < 1.29 is 23.1 Å². The number of carboxylic acids is 1. The van der Waals surface area contributed by atoms with E-state index < -0.39 is 17.7 Å². The van der Waals surface area contributed by atoms with E-state index in [1.54, 1.807) is 18.2 Å². The fraction of sp³-hybridized carbons (Fsp3) is 0.250. The zero-order chi connectivity index (χ0) is 20.6. The quantitative estimate of drug-likeness (QED) is 0.721. The van der Waals surface area contributed by atoms with E-state index in [-0.39, 0.29) is 5.82 Å². The Morgan fingerprint density at radius 1 is 0.931 bits per heavy atom. The molecule has 2 aromatic carbocycles. The van der Waals surface area contributed by atoms with Crippen molar-refractivity contribution in [1.82, 2.24) is 9.97 Å². The Bertz CT molecular complexity index is 1060. The Morgan fingerprint density at radius 2 is 1.62 bits per heavy atom. The third-order valence-corrected chi connectivity index (χ3v) is 4.89. The van der Waals surface area contributed by atoms with Gasteiger partial charge in [-0.25, -0.2) is 14.8 Å². The van der Waals surface area contributed by atoms with Crippen LogP contribution in [-0.4, -0.2) is 47.2 Å². The molecule has 1 N–H and O–H groups in total. The van der Waals surface area contributed by atoms with Gasteiger partial charge in [-0.3, -0.25) is 0 Å². The van der Waals surface area contributed by atoms with E-state index in [2.05, 4.69) is 9.97 Å². The molecule has 0 radical (unpaired) electrons. The number of carboxylic acid groups (broad SMARTS) is 1. The van der Waals surface area contributed by atoms with Crippen LogP contribution < -0.4 is 9.80 Å². The number of benzene rings is 2.